The molecule has 0 radical (unpaired) electrons. The van der Waals surface area contributed by atoms with Crippen molar-refractivity contribution in [1.82, 2.24) is 0 Å². The first-order valence-corrected chi connectivity index (χ1v) is 5.06. The zero-order valence-corrected chi connectivity index (χ0v) is 10.9. The van der Waals surface area contributed by atoms with Crippen molar-refractivity contribution in [3.63, 3.8) is 0 Å². The van der Waals surface area contributed by atoms with Gasteiger partial charge in [0.25, 0.3) is 0 Å². The second-order valence-corrected chi connectivity index (χ2v) is 3.22. The number of hydrogen-bond donors (Lipinski definition) is 0. The van der Waals surface area contributed by atoms with Gasteiger partial charge in [-0.15, -0.1) is 0 Å². The topological polar surface area (TPSA) is 23.8 Å². The van der Waals surface area contributed by atoms with E-state index in [0.29, 0.717) is 6.54 Å². The number of hydrogen-bond acceptors (Lipinski definition) is 0. The quantitative estimate of drug-likeness (QED) is 0.395. The van der Waals surface area contributed by atoms with Gasteiger partial charge in [-0.05, 0) is 0 Å². The molecule has 0 rings (SSSR count). The van der Waals surface area contributed by atoms with Gasteiger partial charge in [0.1, 0.15) is 0 Å². The Morgan fingerprint density at radius 1 is 0.750 bits per heavy atom. The first-order valence-electron chi connectivity index (χ1n) is 5.06. The van der Waals surface area contributed by atoms with E-state index in [1.54, 1.807) is 0 Å². The van der Waals surface area contributed by atoms with Gasteiger partial charge >= 0.3 is 29.6 Å². The minimum absolute atomic E-state index is 0. The van der Waals surface area contributed by atoms with E-state index >= 15 is 0 Å². The third kappa shape index (κ3) is 13.5. The van der Waals surface area contributed by atoms with Crippen molar-refractivity contribution in [3.8, 4) is 0 Å². The van der Waals surface area contributed by atoms with Crippen LogP contribution in [-0.2, 0) is 0 Å². The van der Waals surface area contributed by atoms with Crippen molar-refractivity contribution in [1.29, 1.82) is 0 Å². The SMILES string of the molecule is CCCCCCCCCC[NH-].[Na+]. The smallest absolute Gasteiger partial charge is 0.677 e. The van der Waals surface area contributed by atoms with Gasteiger partial charge < -0.3 is 5.73 Å². The molecule has 0 fully saturated rings. The van der Waals surface area contributed by atoms with E-state index in [1.807, 2.05) is 0 Å². The van der Waals surface area contributed by atoms with E-state index in [0.717, 1.165) is 6.42 Å². The molecule has 0 aliphatic rings. The van der Waals surface area contributed by atoms with Gasteiger partial charge in [-0.2, -0.15) is 6.54 Å². The fourth-order valence-electron chi connectivity index (χ4n) is 1.26. The summed E-state index contributed by atoms with van der Waals surface area (Å²) in [5.41, 5.74) is 6.95. The Balaban J connectivity index is 0. The van der Waals surface area contributed by atoms with Gasteiger partial charge in [-0.3, -0.25) is 0 Å². The Kier molecular flexibility index (Phi) is 18.6. The fraction of sp³-hybridized carbons (Fsp3) is 1.00. The van der Waals surface area contributed by atoms with Crippen molar-refractivity contribution in [2.75, 3.05) is 6.54 Å². The van der Waals surface area contributed by atoms with Crippen molar-refractivity contribution in [3.05, 3.63) is 5.73 Å². The number of rotatable bonds is 8. The molecule has 0 aromatic rings. The average Bonchev–Trinajstić information content (AvgIpc) is 2.03. The molecule has 0 spiro atoms. The maximum atomic E-state index is 6.95. The van der Waals surface area contributed by atoms with Gasteiger partial charge in [0.2, 0.25) is 0 Å². The maximum absolute atomic E-state index is 6.95. The third-order valence-electron chi connectivity index (χ3n) is 2.03. The molecule has 0 saturated carbocycles. The molecule has 1 N–H and O–H groups in total. The van der Waals surface area contributed by atoms with Crippen LogP contribution in [0.4, 0.5) is 0 Å². The molecule has 0 saturated heterocycles. The minimum atomic E-state index is 0. The van der Waals surface area contributed by atoms with Crippen LogP contribution < -0.4 is 29.6 Å². The zero-order chi connectivity index (χ0) is 8.36. The first kappa shape index (κ1) is 15.4. The van der Waals surface area contributed by atoms with E-state index in [4.69, 9.17) is 5.73 Å². The van der Waals surface area contributed by atoms with E-state index in [1.165, 1.54) is 44.9 Å². The molecule has 0 unspecified atom stereocenters. The summed E-state index contributed by atoms with van der Waals surface area (Å²) in [5, 5.41) is 0. The van der Waals surface area contributed by atoms with Crippen LogP contribution in [-0.4, -0.2) is 6.54 Å². The molecule has 0 aromatic heterocycles. The summed E-state index contributed by atoms with van der Waals surface area (Å²) in [6.45, 7) is 2.87. The maximum Gasteiger partial charge on any atom is 1.00 e. The molecule has 0 aromatic carbocycles. The third-order valence-corrected chi connectivity index (χ3v) is 2.03. The average molecular weight is 179 g/mol. The van der Waals surface area contributed by atoms with Crippen LogP contribution in [0.1, 0.15) is 58.3 Å². The van der Waals surface area contributed by atoms with Crippen LogP contribution in [0.2, 0.25) is 0 Å². The van der Waals surface area contributed by atoms with E-state index in [9.17, 15) is 0 Å². The second kappa shape index (κ2) is 14.5. The molecule has 68 valence electrons. The molecule has 1 nitrogen and oxygen atoms in total. The summed E-state index contributed by atoms with van der Waals surface area (Å²) >= 11 is 0. The molecule has 2 heteroatoms. The Hall–Kier alpha value is 0.960. The van der Waals surface area contributed by atoms with Crippen molar-refractivity contribution >= 4 is 0 Å². The van der Waals surface area contributed by atoms with Crippen molar-refractivity contribution < 1.29 is 29.6 Å². The van der Waals surface area contributed by atoms with Crippen LogP contribution >= 0.6 is 0 Å². The minimum Gasteiger partial charge on any atom is -0.677 e. The molecule has 12 heavy (non-hydrogen) atoms. The second-order valence-electron chi connectivity index (χ2n) is 3.22. The molecule has 0 amide bonds. The predicted molar refractivity (Wildman–Crippen MR) is 51.8 cm³/mol. The predicted octanol–water partition coefficient (Wildman–Crippen LogP) is 1.18. The first-order chi connectivity index (χ1) is 5.41. The Labute approximate surface area is 99.8 Å². The number of nitrogens with one attached hydrogen (secondary N) is 1. The molecule has 0 aliphatic heterocycles. The Bertz CT molecular complexity index is 58.9. The summed E-state index contributed by atoms with van der Waals surface area (Å²) in [5.74, 6) is 0. The van der Waals surface area contributed by atoms with Crippen LogP contribution in [0, 0.1) is 0 Å². The standard InChI is InChI=1S/C10H22N.Na/c1-2-3-4-5-6-7-8-9-10-11;/h11H,2-10H2,1H3;/q-1;+1. The Morgan fingerprint density at radius 2 is 1.17 bits per heavy atom. The summed E-state index contributed by atoms with van der Waals surface area (Å²) < 4.78 is 0. The van der Waals surface area contributed by atoms with Gasteiger partial charge in [0, 0.05) is 0 Å². The van der Waals surface area contributed by atoms with Crippen molar-refractivity contribution in [2.45, 2.75) is 58.3 Å². The molecular weight excluding hydrogens is 157 g/mol. The monoisotopic (exact) mass is 179 g/mol. The van der Waals surface area contributed by atoms with Gasteiger partial charge in [0.15, 0.2) is 0 Å². The van der Waals surface area contributed by atoms with Crippen LogP contribution in [0.15, 0.2) is 0 Å². The summed E-state index contributed by atoms with van der Waals surface area (Å²) in [6.07, 6.45) is 10.7. The van der Waals surface area contributed by atoms with Gasteiger partial charge in [-0.1, -0.05) is 58.3 Å². The molecule has 0 aliphatic carbocycles. The molecule has 0 bridgehead atoms. The molecule has 0 atom stereocenters. The van der Waals surface area contributed by atoms with Crippen LogP contribution in [0.3, 0.4) is 0 Å². The zero-order valence-electron chi connectivity index (χ0n) is 8.86. The summed E-state index contributed by atoms with van der Waals surface area (Å²) in [6, 6.07) is 0. The van der Waals surface area contributed by atoms with E-state index < -0.39 is 0 Å². The van der Waals surface area contributed by atoms with Crippen LogP contribution in [0.5, 0.6) is 0 Å². The summed E-state index contributed by atoms with van der Waals surface area (Å²) in [4.78, 5) is 0. The van der Waals surface area contributed by atoms with Crippen molar-refractivity contribution in [2.24, 2.45) is 0 Å². The molecular formula is C10H22NNa. The van der Waals surface area contributed by atoms with E-state index in [2.05, 4.69) is 6.92 Å². The Morgan fingerprint density at radius 3 is 1.58 bits per heavy atom. The van der Waals surface area contributed by atoms with E-state index in [-0.39, 0.29) is 29.6 Å². The fourth-order valence-corrected chi connectivity index (χ4v) is 1.26. The van der Waals surface area contributed by atoms with Crippen LogP contribution in [0.25, 0.3) is 5.73 Å². The summed E-state index contributed by atoms with van der Waals surface area (Å²) in [7, 11) is 0. The molecule has 0 heterocycles. The number of unbranched alkanes of at least 4 members (excludes halogenated alkanes) is 7. The normalized spacial score (nSPS) is 9.50. The van der Waals surface area contributed by atoms with Gasteiger partial charge in [-0.25, -0.2) is 0 Å². The van der Waals surface area contributed by atoms with Gasteiger partial charge in [0.05, 0.1) is 0 Å². The largest absolute Gasteiger partial charge is 1.00 e.